The SMILES string of the molecule is CCCCN.CCCc1ccc(N=O)cc1. The molecule has 16 heavy (non-hydrogen) atoms. The first-order chi connectivity index (χ1) is 7.78. The van der Waals surface area contributed by atoms with Crippen LogP contribution in [0, 0.1) is 4.91 Å². The summed E-state index contributed by atoms with van der Waals surface area (Å²) >= 11 is 0. The van der Waals surface area contributed by atoms with Gasteiger partial charge < -0.3 is 5.73 Å². The van der Waals surface area contributed by atoms with Crippen molar-refractivity contribution >= 4 is 5.69 Å². The van der Waals surface area contributed by atoms with Crippen LogP contribution < -0.4 is 5.73 Å². The second-order valence-electron chi connectivity index (χ2n) is 3.65. The zero-order valence-corrected chi connectivity index (χ0v) is 10.3. The van der Waals surface area contributed by atoms with Crippen LogP contribution in [0.2, 0.25) is 0 Å². The van der Waals surface area contributed by atoms with Gasteiger partial charge in [0.2, 0.25) is 0 Å². The Kier molecular flexibility index (Phi) is 9.52. The minimum absolute atomic E-state index is 0.504. The quantitative estimate of drug-likeness (QED) is 0.771. The van der Waals surface area contributed by atoms with Gasteiger partial charge in [0.25, 0.3) is 0 Å². The number of nitrogens with two attached hydrogens (primary N) is 1. The van der Waals surface area contributed by atoms with E-state index in [4.69, 9.17) is 5.73 Å². The van der Waals surface area contributed by atoms with Gasteiger partial charge in [-0.15, -0.1) is 4.91 Å². The molecule has 1 aromatic carbocycles. The van der Waals surface area contributed by atoms with Crippen LogP contribution in [0.4, 0.5) is 5.69 Å². The van der Waals surface area contributed by atoms with E-state index in [0.29, 0.717) is 5.69 Å². The van der Waals surface area contributed by atoms with Crippen LogP contribution in [0.15, 0.2) is 29.4 Å². The van der Waals surface area contributed by atoms with E-state index >= 15 is 0 Å². The summed E-state index contributed by atoms with van der Waals surface area (Å²) in [6.45, 7) is 5.11. The van der Waals surface area contributed by atoms with Crippen molar-refractivity contribution in [1.82, 2.24) is 0 Å². The van der Waals surface area contributed by atoms with Gasteiger partial charge >= 0.3 is 0 Å². The molecule has 90 valence electrons. The van der Waals surface area contributed by atoms with Gasteiger partial charge in [-0.05, 0) is 42.3 Å². The van der Waals surface area contributed by atoms with Crippen molar-refractivity contribution in [3.63, 3.8) is 0 Å². The molecule has 0 aromatic heterocycles. The summed E-state index contributed by atoms with van der Waals surface area (Å²) in [5, 5.41) is 2.82. The second kappa shape index (κ2) is 10.3. The summed E-state index contributed by atoms with van der Waals surface area (Å²) in [5.74, 6) is 0. The fraction of sp³-hybridized carbons (Fsp3) is 0.538. The zero-order chi connectivity index (χ0) is 12.2. The lowest BCUT2D eigenvalue weighted by Gasteiger charge is -1.96. The summed E-state index contributed by atoms with van der Waals surface area (Å²) < 4.78 is 0. The highest BCUT2D eigenvalue weighted by molar-refractivity contribution is 5.38. The van der Waals surface area contributed by atoms with Gasteiger partial charge in [-0.1, -0.05) is 38.8 Å². The molecule has 3 heteroatoms. The van der Waals surface area contributed by atoms with E-state index in [-0.39, 0.29) is 0 Å². The lowest BCUT2D eigenvalue weighted by molar-refractivity contribution is 0.807. The average Bonchev–Trinajstić information content (AvgIpc) is 2.32. The number of hydrogen-bond donors (Lipinski definition) is 1. The predicted octanol–water partition coefficient (Wildman–Crippen LogP) is 3.78. The van der Waals surface area contributed by atoms with E-state index < -0.39 is 0 Å². The normalized spacial score (nSPS) is 9.19. The first-order valence-corrected chi connectivity index (χ1v) is 5.90. The standard InChI is InChI=1S/C9H11NO.C4H11N/c1-2-3-8-4-6-9(10-11)7-5-8;1-2-3-4-5/h4-7H,2-3H2,1H3;2-5H2,1H3. The topological polar surface area (TPSA) is 55.4 Å². The summed E-state index contributed by atoms with van der Waals surface area (Å²) in [6.07, 6.45) is 4.59. The highest BCUT2D eigenvalue weighted by Crippen LogP contribution is 2.12. The molecule has 0 saturated carbocycles. The number of hydrogen-bond acceptors (Lipinski definition) is 3. The largest absolute Gasteiger partial charge is 0.330 e. The Morgan fingerprint density at radius 2 is 1.75 bits per heavy atom. The highest BCUT2D eigenvalue weighted by Gasteiger charge is 1.91. The number of nitrogens with zero attached hydrogens (tertiary/aromatic N) is 1. The Hall–Kier alpha value is -1.22. The van der Waals surface area contributed by atoms with E-state index in [1.807, 2.05) is 12.1 Å². The maximum atomic E-state index is 10.0. The molecule has 0 aliphatic rings. The van der Waals surface area contributed by atoms with Crippen LogP contribution in [0.25, 0.3) is 0 Å². The van der Waals surface area contributed by atoms with E-state index in [2.05, 4.69) is 19.0 Å². The lowest BCUT2D eigenvalue weighted by atomic mass is 10.1. The average molecular weight is 222 g/mol. The van der Waals surface area contributed by atoms with Crippen LogP contribution >= 0.6 is 0 Å². The number of aryl methyl sites for hydroxylation is 1. The molecule has 1 rings (SSSR count). The van der Waals surface area contributed by atoms with Crippen molar-refractivity contribution in [1.29, 1.82) is 0 Å². The van der Waals surface area contributed by atoms with Crippen molar-refractivity contribution in [3.05, 3.63) is 34.7 Å². The van der Waals surface area contributed by atoms with Gasteiger partial charge in [0.05, 0.1) is 0 Å². The molecule has 0 radical (unpaired) electrons. The Labute approximate surface area is 98.0 Å². The van der Waals surface area contributed by atoms with Gasteiger partial charge in [-0.25, -0.2) is 0 Å². The van der Waals surface area contributed by atoms with E-state index in [9.17, 15) is 4.91 Å². The Balaban J connectivity index is 0.000000385. The van der Waals surface area contributed by atoms with Crippen molar-refractivity contribution in [2.75, 3.05) is 6.54 Å². The van der Waals surface area contributed by atoms with Gasteiger partial charge in [0.1, 0.15) is 5.69 Å². The van der Waals surface area contributed by atoms with Gasteiger partial charge in [0.15, 0.2) is 0 Å². The molecule has 0 heterocycles. The van der Waals surface area contributed by atoms with Crippen LogP contribution in [-0.2, 0) is 6.42 Å². The maximum Gasteiger partial charge on any atom is 0.108 e. The fourth-order valence-corrected chi connectivity index (χ4v) is 1.22. The lowest BCUT2D eigenvalue weighted by Crippen LogP contribution is -1.95. The van der Waals surface area contributed by atoms with Gasteiger partial charge in [-0.2, -0.15) is 0 Å². The third kappa shape index (κ3) is 7.12. The summed E-state index contributed by atoms with van der Waals surface area (Å²) in [5.41, 5.74) is 6.91. The molecule has 0 amide bonds. The summed E-state index contributed by atoms with van der Waals surface area (Å²) in [4.78, 5) is 10.0. The van der Waals surface area contributed by atoms with E-state index in [0.717, 1.165) is 19.4 Å². The number of unbranched alkanes of at least 4 members (excludes halogenated alkanes) is 1. The third-order valence-electron chi connectivity index (χ3n) is 2.14. The minimum atomic E-state index is 0.504. The molecule has 2 N–H and O–H groups in total. The molecular formula is C13H22N2O. The van der Waals surface area contributed by atoms with E-state index in [1.165, 1.54) is 18.4 Å². The van der Waals surface area contributed by atoms with E-state index in [1.54, 1.807) is 12.1 Å². The van der Waals surface area contributed by atoms with Crippen LogP contribution in [-0.4, -0.2) is 6.54 Å². The van der Waals surface area contributed by atoms with Crippen LogP contribution in [0.1, 0.15) is 38.7 Å². The third-order valence-corrected chi connectivity index (χ3v) is 2.14. The summed E-state index contributed by atoms with van der Waals surface area (Å²) in [7, 11) is 0. The highest BCUT2D eigenvalue weighted by atomic mass is 16.3. The molecular weight excluding hydrogens is 200 g/mol. The Bertz CT molecular complexity index is 268. The van der Waals surface area contributed by atoms with Crippen LogP contribution in [0.5, 0.6) is 0 Å². The monoisotopic (exact) mass is 222 g/mol. The van der Waals surface area contributed by atoms with Crippen molar-refractivity contribution in [2.45, 2.75) is 39.5 Å². The number of benzene rings is 1. The molecule has 3 nitrogen and oxygen atoms in total. The molecule has 0 saturated heterocycles. The molecule has 0 fully saturated rings. The first kappa shape index (κ1) is 14.8. The fourth-order valence-electron chi connectivity index (χ4n) is 1.22. The van der Waals surface area contributed by atoms with Gasteiger partial charge in [-0.3, -0.25) is 0 Å². The molecule has 0 spiro atoms. The molecule has 1 aromatic rings. The molecule has 0 unspecified atom stereocenters. The first-order valence-electron chi connectivity index (χ1n) is 5.90. The predicted molar refractivity (Wildman–Crippen MR) is 69.9 cm³/mol. The smallest absolute Gasteiger partial charge is 0.108 e. The zero-order valence-electron chi connectivity index (χ0n) is 10.3. The van der Waals surface area contributed by atoms with Crippen molar-refractivity contribution in [3.8, 4) is 0 Å². The Morgan fingerprint density at radius 3 is 2.06 bits per heavy atom. The van der Waals surface area contributed by atoms with Crippen molar-refractivity contribution < 1.29 is 0 Å². The summed E-state index contributed by atoms with van der Waals surface area (Å²) in [6, 6.07) is 7.39. The maximum absolute atomic E-state index is 10.0. The van der Waals surface area contributed by atoms with Crippen molar-refractivity contribution in [2.24, 2.45) is 10.9 Å². The molecule has 0 aliphatic heterocycles. The van der Waals surface area contributed by atoms with Crippen LogP contribution in [0.3, 0.4) is 0 Å². The second-order valence-corrected chi connectivity index (χ2v) is 3.65. The molecule has 0 aliphatic carbocycles. The Morgan fingerprint density at radius 1 is 1.12 bits per heavy atom. The number of nitroso groups, excluding NO2 is 1. The van der Waals surface area contributed by atoms with Gasteiger partial charge in [0, 0.05) is 0 Å². The number of rotatable bonds is 5. The molecule has 0 atom stereocenters. The molecule has 0 bridgehead atoms. The minimum Gasteiger partial charge on any atom is -0.330 e.